The molecule has 1 fully saturated rings. The Morgan fingerprint density at radius 1 is 1.04 bits per heavy atom. The second kappa shape index (κ2) is 13.4. The summed E-state index contributed by atoms with van der Waals surface area (Å²) in [6.45, 7) is -0.959. The monoisotopic (exact) mass is 678 g/mol. The fourth-order valence-electron chi connectivity index (χ4n) is 5.08. The number of ether oxygens (including phenoxy) is 2. The second-order valence-electron chi connectivity index (χ2n) is 10.5. The van der Waals surface area contributed by atoms with Crippen LogP contribution in [-0.2, 0) is 12.7 Å². The molecule has 1 N–H and O–H groups in total. The van der Waals surface area contributed by atoms with Crippen molar-refractivity contribution in [2.24, 2.45) is 5.92 Å². The maximum absolute atomic E-state index is 13.3. The van der Waals surface area contributed by atoms with Crippen LogP contribution in [-0.4, -0.2) is 45.9 Å². The Morgan fingerprint density at radius 3 is 2.30 bits per heavy atom. The van der Waals surface area contributed by atoms with E-state index in [2.05, 4.69) is 24.4 Å². The lowest BCUT2D eigenvalue weighted by Gasteiger charge is -2.32. The third kappa shape index (κ3) is 7.86. The van der Waals surface area contributed by atoms with E-state index in [0.717, 1.165) is 23.5 Å². The fraction of sp³-hybridized carbons (Fsp3) is 0.414. The number of H-pyrrole nitrogens is 1. The summed E-state index contributed by atoms with van der Waals surface area (Å²) in [6, 6.07) is 8.37. The molecule has 0 aliphatic carbocycles. The topological polar surface area (TPSA) is 93.5 Å². The van der Waals surface area contributed by atoms with Crippen molar-refractivity contribution in [1.29, 1.82) is 0 Å². The van der Waals surface area contributed by atoms with Gasteiger partial charge in [-0.1, -0.05) is 24.2 Å². The molecule has 1 atom stereocenters. The molecular weight excluding hydrogens is 652 g/mol. The predicted octanol–water partition coefficient (Wildman–Crippen LogP) is 8.08. The highest BCUT2D eigenvalue weighted by Gasteiger charge is 2.41. The number of benzene rings is 2. The molecule has 0 radical (unpaired) electrons. The minimum Gasteiger partial charge on any atom is -0.485 e. The van der Waals surface area contributed by atoms with Crippen LogP contribution in [0.3, 0.4) is 0 Å². The van der Waals surface area contributed by atoms with Crippen LogP contribution in [0.15, 0.2) is 51.8 Å². The molecule has 0 bridgehead atoms. The number of thiazole rings is 1. The standard InChI is InChI=1S/C29H26F8N4O4S/c1-2-21(43-18-7-8-19(22(13-18)44-26(30)31)24-39-27(42)45-40-24)23-20(14-41-11-9-17(10-12-41)29(35,36)37)38-25(46-23)15-3-5-16(6-4-15)28(32,33)34/h3-8,13,17,21,26H,2,9-12,14H2,1H3,(H,39,40,42). The Kier molecular flexibility index (Phi) is 9.72. The summed E-state index contributed by atoms with van der Waals surface area (Å²) in [4.78, 5) is 20.7. The van der Waals surface area contributed by atoms with Gasteiger partial charge in [0.05, 0.1) is 27.6 Å². The van der Waals surface area contributed by atoms with Crippen LogP contribution >= 0.6 is 11.3 Å². The zero-order valence-electron chi connectivity index (χ0n) is 23.9. The van der Waals surface area contributed by atoms with Crippen molar-refractivity contribution >= 4 is 11.3 Å². The molecule has 2 aromatic heterocycles. The van der Waals surface area contributed by atoms with Crippen molar-refractivity contribution in [3.63, 3.8) is 0 Å². The number of rotatable bonds is 10. The van der Waals surface area contributed by atoms with Gasteiger partial charge in [0.1, 0.15) is 22.6 Å². The average molecular weight is 679 g/mol. The Hall–Kier alpha value is -3.99. The highest BCUT2D eigenvalue weighted by Crippen LogP contribution is 2.41. The van der Waals surface area contributed by atoms with E-state index < -0.39 is 42.3 Å². The van der Waals surface area contributed by atoms with E-state index in [-0.39, 0.29) is 55.4 Å². The number of nitrogens with one attached hydrogen (secondary N) is 1. The third-order valence-electron chi connectivity index (χ3n) is 7.42. The van der Waals surface area contributed by atoms with Crippen molar-refractivity contribution in [2.45, 2.75) is 57.8 Å². The number of hydrogen-bond acceptors (Lipinski definition) is 8. The van der Waals surface area contributed by atoms with Gasteiger partial charge in [0.2, 0.25) is 0 Å². The van der Waals surface area contributed by atoms with E-state index in [1.807, 2.05) is 4.90 Å². The first-order chi connectivity index (χ1) is 21.7. The van der Waals surface area contributed by atoms with Gasteiger partial charge >= 0.3 is 24.7 Å². The fourth-order valence-corrected chi connectivity index (χ4v) is 6.27. The van der Waals surface area contributed by atoms with Crippen molar-refractivity contribution in [2.75, 3.05) is 13.1 Å². The van der Waals surface area contributed by atoms with E-state index >= 15 is 0 Å². The molecule has 1 unspecified atom stereocenters. The van der Waals surface area contributed by atoms with Crippen molar-refractivity contribution < 1.29 is 49.1 Å². The molecule has 1 aliphatic heterocycles. The predicted molar refractivity (Wildman–Crippen MR) is 149 cm³/mol. The lowest BCUT2D eigenvalue weighted by atomic mass is 9.96. The number of piperidine rings is 1. The molecule has 4 aromatic rings. The van der Waals surface area contributed by atoms with E-state index in [1.165, 1.54) is 30.3 Å². The molecule has 3 heterocycles. The molecular formula is C29H26F8N4O4S. The lowest BCUT2D eigenvalue weighted by Crippen LogP contribution is -2.38. The summed E-state index contributed by atoms with van der Waals surface area (Å²) < 4.78 is 121. The molecule has 17 heteroatoms. The Balaban J connectivity index is 1.46. The van der Waals surface area contributed by atoms with Crippen molar-refractivity contribution in [1.82, 2.24) is 20.0 Å². The van der Waals surface area contributed by atoms with Crippen molar-refractivity contribution in [3.8, 4) is 33.5 Å². The Morgan fingerprint density at radius 2 is 1.74 bits per heavy atom. The lowest BCUT2D eigenvalue weighted by molar-refractivity contribution is -0.185. The van der Waals surface area contributed by atoms with Crippen LogP contribution < -0.4 is 15.2 Å². The molecule has 0 saturated carbocycles. The van der Waals surface area contributed by atoms with Gasteiger partial charge in [0.25, 0.3) is 0 Å². The van der Waals surface area contributed by atoms with Crippen LogP contribution in [0.1, 0.15) is 48.4 Å². The minimum absolute atomic E-state index is 0.00289. The quantitative estimate of drug-likeness (QED) is 0.170. The zero-order chi connectivity index (χ0) is 33.2. The SMILES string of the molecule is CCC(Oc1ccc(-c2noc(=O)[nH]2)c(OC(F)F)c1)c1sc(-c2ccc(C(F)(F)F)cc2)nc1CN1CCC(C(F)(F)F)CC1. The Bertz CT molecular complexity index is 1680. The third-order valence-corrected chi connectivity index (χ3v) is 8.66. The summed E-state index contributed by atoms with van der Waals surface area (Å²) in [5, 5.41) is 3.87. The number of alkyl halides is 8. The van der Waals surface area contributed by atoms with Gasteiger partial charge in [-0.15, -0.1) is 11.3 Å². The number of aromatic nitrogens is 3. The minimum atomic E-state index is -4.53. The van der Waals surface area contributed by atoms with Crippen LogP contribution in [0.4, 0.5) is 35.1 Å². The van der Waals surface area contributed by atoms with Gasteiger partial charge in [-0.05, 0) is 56.6 Å². The number of aromatic amines is 1. The maximum Gasteiger partial charge on any atom is 0.439 e. The number of nitrogens with zero attached hydrogens (tertiary/aromatic N) is 3. The largest absolute Gasteiger partial charge is 0.485 e. The molecule has 1 saturated heterocycles. The summed E-state index contributed by atoms with van der Waals surface area (Å²) in [5.74, 6) is -2.74. The molecule has 5 rings (SSSR count). The molecule has 2 aromatic carbocycles. The highest BCUT2D eigenvalue weighted by molar-refractivity contribution is 7.15. The molecule has 1 aliphatic rings. The number of hydrogen-bond donors (Lipinski definition) is 1. The second-order valence-corrected chi connectivity index (χ2v) is 11.5. The van der Waals surface area contributed by atoms with E-state index in [1.54, 1.807) is 6.92 Å². The van der Waals surface area contributed by atoms with Gasteiger partial charge in [-0.3, -0.25) is 14.4 Å². The number of halogens is 8. The first kappa shape index (κ1) is 33.4. The molecule has 8 nitrogen and oxygen atoms in total. The van der Waals surface area contributed by atoms with Gasteiger partial charge in [-0.2, -0.15) is 35.1 Å². The van der Waals surface area contributed by atoms with E-state index in [4.69, 9.17) is 4.74 Å². The van der Waals surface area contributed by atoms with Gasteiger partial charge in [0, 0.05) is 18.2 Å². The molecule has 0 spiro atoms. The van der Waals surface area contributed by atoms with E-state index in [0.29, 0.717) is 27.6 Å². The van der Waals surface area contributed by atoms with Crippen LogP contribution in [0.2, 0.25) is 0 Å². The zero-order valence-corrected chi connectivity index (χ0v) is 24.7. The van der Waals surface area contributed by atoms with Gasteiger partial charge in [-0.25, -0.2) is 9.78 Å². The first-order valence-electron chi connectivity index (χ1n) is 14.0. The van der Waals surface area contributed by atoms with Crippen LogP contribution in [0.5, 0.6) is 11.5 Å². The van der Waals surface area contributed by atoms with Gasteiger partial charge < -0.3 is 9.47 Å². The number of likely N-dealkylation sites (tertiary alicyclic amines) is 1. The van der Waals surface area contributed by atoms with Crippen molar-refractivity contribution in [3.05, 3.63) is 69.1 Å². The smallest absolute Gasteiger partial charge is 0.439 e. The molecule has 46 heavy (non-hydrogen) atoms. The van der Waals surface area contributed by atoms with Crippen LogP contribution in [0.25, 0.3) is 22.0 Å². The normalized spacial score (nSPS) is 15.8. The van der Waals surface area contributed by atoms with Crippen LogP contribution in [0, 0.1) is 5.92 Å². The average Bonchev–Trinajstić information content (AvgIpc) is 3.61. The maximum atomic E-state index is 13.3. The van der Waals surface area contributed by atoms with Gasteiger partial charge in [0.15, 0.2) is 5.82 Å². The summed E-state index contributed by atoms with van der Waals surface area (Å²) >= 11 is 1.15. The Labute approximate surface area is 259 Å². The molecule has 0 amide bonds. The highest BCUT2D eigenvalue weighted by atomic mass is 32.1. The summed E-state index contributed by atoms with van der Waals surface area (Å²) in [7, 11) is 0. The summed E-state index contributed by atoms with van der Waals surface area (Å²) in [6.07, 6.45) is -9.40. The van der Waals surface area contributed by atoms with E-state index in [9.17, 15) is 39.9 Å². The molecule has 248 valence electrons. The first-order valence-corrected chi connectivity index (χ1v) is 14.8. The summed E-state index contributed by atoms with van der Waals surface area (Å²) in [5.41, 5.74) is 0.0279.